The number of hydrogen-bond acceptors (Lipinski definition) is 2. The minimum atomic E-state index is 0.677. The van der Waals surface area contributed by atoms with E-state index >= 15 is 0 Å². The van der Waals surface area contributed by atoms with E-state index in [9.17, 15) is 0 Å². The van der Waals surface area contributed by atoms with Gasteiger partial charge in [0.1, 0.15) is 0 Å². The third kappa shape index (κ3) is 2.14. The van der Waals surface area contributed by atoms with Crippen molar-refractivity contribution >= 4 is 24.4 Å². The number of hydrogen-bond donors (Lipinski definition) is 1. The van der Waals surface area contributed by atoms with Crippen molar-refractivity contribution in [2.75, 3.05) is 11.5 Å². The highest BCUT2D eigenvalue weighted by Crippen LogP contribution is 2.50. The van der Waals surface area contributed by atoms with Crippen LogP contribution in [-0.4, -0.2) is 16.8 Å². The second-order valence-corrected chi connectivity index (χ2v) is 5.98. The minimum Gasteiger partial charge on any atom is -0.179 e. The van der Waals surface area contributed by atoms with Gasteiger partial charge in [0.25, 0.3) is 0 Å². The Kier molecular flexibility index (Phi) is 2.96. The Morgan fingerprint density at radius 1 is 1.25 bits per heavy atom. The van der Waals surface area contributed by atoms with Gasteiger partial charge in [0.2, 0.25) is 0 Å². The van der Waals surface area contributed by atoms with Gasteiger partial charge >= 0.3 is 0 Å². The lowest BCUT2D eigenvalue weighted by Crippen LogP contribution is -2.09. The molecule has 2 aliphatic rings. The second-order valence-electron chi connectivity index (χ2n) is 4.38. The van der Waals surface area contributed by atoms with Gasteiger partial charge in [-0.05, 0) is 42.6 Å². The van der Waals surface area contributed by atoms with Crippen LogP contribution in [0.3, 0.4) is 0 Å². The molecule has 2 fully saturated rings. The monoisotopic (exact) mass is 202 g/mol. The largest absolute Gasteiger partial charge is 0.179 e. The van der Waals surface area contributed by atoms with Gasteiger partial charge in [-0.2, -0.15) is 24.4 Å². The minimum absolute atomic E-state index is 0.677. The maximum Gasteiger partial charge on any atom is 0.00472 e. The maximum atomic E-state index is 4.43. The van der Waals surface area contributed by atoms with E-state index in [1.165, 1.54) is 44.3 Å². The summed E-state index contributed by atoms with van der Waals surface area (Å²) < 4.78 is 0. The highest BCUT2D eigenvalue weighted by atomic mass is 32.2. The number of rotatable bonds is 4. The first-order valence-electron chi connectivity index (χ1n) is 5.07. The molecule has 0 saturated heterocycles. The van der Waals surface area contributed by atoms with Gasteiger partial charge in [0, 0.05) is 5.25 Å². The topological polar surface area (TPSA) is 0 Å². The quantitative estimate of drug-likeness (QED) is 0.682. The van der Waals surface area contributed by atoms with E-state index in [0.29, 0.717) is 5.41 Å². The van der Waals surface area contributed by atoms with Crippen LogP contribution < -0.4 is 0 Å². The average Bonchev–Trinajstić information content (AvgIpc) is 2.70. The van der Waals surface area contributed by atoms with Crippen LogP contribution in [-0.2, 0) is 0 Å². The summed E-state index contributed by atoms with van der Waals surface area (Å²) in [6.45, 7) is 0. The highest BCUT2D eigenvalue weighted by Gasteiger charge is 2.41. The summed E-state index contributed by atoms with van der Waals surface area (Å²) in [6, 6.07) is 0. The Morgan fingerprint density at radius 3 is 2.42 bits per heavy atom. The zero-order valence-electron chi connectivity index (χ0n) is 7.59. The van der Waals surface area contributed by atoms with E-state index in [4.69, 9.17) is 0 Å². The van der Waals surface area contributed by atoms with Crippen LogP contribution in [0.5, 0.6) is 0 Å². The predicted octanol–water partition coefficient (Wildman–Crippen LogP) is 3.37. The van der Waals surface area contributed by atoms with Crippen molar-refractivity contribution in [2.45, 2.75) is 43.8 Å². The van der Waals surface area contributed by atoms with Gasteiger partial charge in [0.15, 0.2) is 0 Å². The number of thiol groups is 1. The molecule has 0 unspecified atom stereocenters. The first-order valence-corrected chi connectivity index (χ1v) is 6.75. The summed E-state index contributed by atoms with van der Waals surface area (Å²) in [5.74, 6) is 2.51. The third-order valence-electron chi connectivity index (χ3n) is 3.22. The summed E-state index contributed by atoms with van der Waals surface area (Å²) >= 11 is 6.66. The molecule has 2 rings (SSSR count). The normalized spacial score (nSPS) is 27.8. The standard InChI is InChI=1S/C10H18S2/c11-7-10(5-6-10)8-12-9-3-1-2-4-9/h9,11H,1-8H2. The van der Waals surface area contributed by atoms with Crippen LogP contribution in [0.2, 0.25) is 0 Å². The Labute approximate surface area is 85.3 Å². The fourth-order valence-electron chi connectivity index (χ4n) is 1.87. The highest BCUT2D eigenvalue weighted by molar-refractivity contribution is 8.00. The van der Waals surface area contributed by atoms with Crippen molar-refractivity contribution in [1.29, 1.82) is 0 Å². The molecule has 2 heteroatoms. The van der Waals surface area contributed by atoms with E-state index < -0.39 is 0 Å². The molecule has 0 aromatic carbocycles. The zero-order valence-corrected chi connectivity index (χ0v) is 9.30. The molecule has 2 aliphatic carbocycles. The smallest absolute Gasteiger partial charge is 0.00472 e. The van der Waals surface area contributed by atoms with Gasteiger partial charge in [-0.3, -0.25) is 0 Å². The van der Waals surface area contributed by atoms with Crippen molar-refractivity contribution in [3.05, 3.63) is 0 Å². The van der Waals surface area contributed by atoms with Gasteiger partial charge in [0.05, 0.1) is 0 Å². The van der Waals surface area contributed by atoms with Crippen molar-refractivity contribution < 1.29 is 0 Å². The molecule has 70 valence electrons. The molecule has 0 aromatic heterocycles. The van der Waals surface area contributed by atoms with Gasteiger partial charge in [-0.25, -0.2) is 0 Å². The summed E-state index contributed by atoms with van der Waals surface area (Å²) in [4.78, 5) is 0. The summed E-state index contributed by atoms with van der Waals surface area (Å²) in [6.07, 6.45) is 8.80. The SMILES string of the molecule is SCC1(CSC2CCCC2)CC1. The number of thioether (sulfide) groups is 1. The van der Waals surface area contributed by atoms with Crippen LogP contribution in [0.4, 0.5) is 0 Å². The van der Waals surface area contributed by atoms with E-state index in [1.807, 2.05) is 0 Å². The second kappa shape index (κ2) is 3.83. The van der Waals surface area contributed by atoms with Crippen molar-refractivity contribution in [3.8, 4) is 0 Å². The van der Waals surface area contributed by atoms with Crippen LogP contribution in [0.15, 0.2) is 0 Å². The molecule has 0 spiro atoms. The molecule has 0 heterocycles. The maximum absolute atomic E-state index is 4.43. The molecule has 0 radical (unpaired) electrons. The van der Waals surface area contributed by atoms with Crippen molar-refractivity contribution in [2.24, 2.45) is 5.41 Å². The molecule has 0 N–H and O–H groups in total. The van der Waals surface area contributed by atoms with Gasteiger partial charge in [-0.1, -0.05) is 12.8 Å². The van der Waals surface area contributed by atoms with E-state index in [2.05, 4.69) is 24.4 Å². The molecule has 0 aliphatic heterocycles. The van der Waals surface area contributed by atoms with Crippen LogP contribution in [0.1, 0.15) is 38.5 Å². The fraction of sp³-hybridized carbons (Fsp3) is 1.00. The first kappa shape index (κ1) is 9.26. The summed E-state index contributed by atoms with van der Waals surface area (Å²) in [5.41, 5.74) is 0.677. The Bertz CT molecular complexity index is 146. The van der Waals surface area contributed by atoms with Crippen LogP contribution in [0, 0.1) is 5.41 Å². The van der Waals surface area contributed by atoms with Crippen molar-refractivity contribution in [1.82, 2.24) is 0 Å². The van der Waals surface area contributed by atoms with E-state index in [0.717, 1.165) is 11.0 Å². The molecule has 0 aromatic rings. The molecule has 12 heavy (non-hydrogen) atoms. The Balaban J connectivity index is 1.67. The Morgan fingerprint density at radius 2 is 1.92 bits per heavy atom. The van der Waals surface area contributed by atoms with Crippen LogP contribution in [0.25, 0.3) is 0 Å². The molecule has 0 amide bonds. The Hall–Kier alpha value is 0.700. The molecule has 0 bridgehead atoms. The van der Waals surface area contributed by atoms with Crippen molar-refractivity contribution in [3.63, 3.8) is 0 Å². The predicted molar refractivity (Wildman–Crippen MR) is 60.2 cm³/mol. The van der Waals surface area contributed by atoms with E-state index in [1.54, 1.807) is 0 Å². The van der Waals surface area contributed by atoms with Gasteiger partial charge in [-0.15, -0.1) is 0 Å². The first-order chi connectivity index (χ1) is 5.85. The van der Waals surface area contributed by atoms with E-state index in [-0.39, 0.29) is 0 Å². The zero-order chi connectivity index (χ0) is 8.44. The molecule has 0 atom stereocenters. The average molecular weight is 202 g/mol. The lowest BCUT2D eigenvalue weighted by Gasteiger charge is -2.14. The fourth-order valence-corrected chi connectivity index (χ4v) is 4.10. The van der Waals surface area contributed by atoms with Crippen LogP contribution >= 0.6 is 24.4 Å². The molecular formula is C10H18S2. The molecular weight excluding hydrogens is 184 g/mol. The molecule has 2 saturated carbocycles. The lowest BCUT2D eigenvalue weighted by atomic mass is 10.2. The van der Waals surface area contributed by atoms with Gasteiger partial charge < -0.3 is 0 Å². The molecule has 0 nitrogen and oxygen atoms in total. The summed E-state index contributed by atoms with van der Waals surface area (Å²) in [5, 5.41) is 1.00. The lowest BCUT2D eigenvalue weighted by molar-refractivity contribution is 0.679. The summed E-state index contributed by atoms with van der Waals surface area (Å²) in [7, 11) is 0. The third-order valence-corrected chi connectivity index (χ3v) is 5.61.